The lowest BCUT2D eigenvalue weighted by molar-refractivity contribution is 0.388. The van der Waals surface area contributed by atoms with E-state index in [9.17, 15) is 8.42 Å². The normalized spacial score (nSPS) is 17.7. The zero-order valence-electron chi connectivity index (χ0n) is 10.6. The Morgan fingerprint density at radius 1 is 1.21 bits per heavy atom. The molecule has 0 aliphatic carbocycles. The summed E-state index contributed by atoms with van der Waals surface area (Å²) in [5.74, 6) is 0.432. The summed E-state index contributed by atoms with van der Waals surface area (Å²) in [6.45, 7) is 2.28. The number of piperazine rings is 1. The Morgan fingerprint density at radius 2 is 1.84 bits per heavy atom. The van der Waals surface area contributed by atoms with Crippen molar-refractivity contribution in [3.8, 4) is 0 Å². The Morgan fingerprint density at radius 3 is 2.32 bits per heavy atom. The Kier molecular flexibility index (Phi) is 4.61. The number of hydrogen-bond donors (Lipinski definition) is 0. The third-order valence-corrected chi connectivity index (χ3v) is 5.13. The van der Waals surface area contributed by atoms with Gasteiger partial charge in [0.1, 0.15) is 0 Å². The molecule has 0 unspecified atom stereocenters. The molecule has 7 heteroatoms. The highest BCUT2D eigenvalue weighted by molar-refractivity contribution is 7.88. The van der Waals surface area contributed by atoms with Gasteiger partial charge in [-0.3, -0.25) is 0 Å². The molecule has 1 fully saturated rings. The van der Waals surface area contributed by atoms with Crippen molar-refractivity contribution < 1.29 is 8.42 Å². The predicted octanol–water partition coefficient (Wildman–Crippen LogP) is 2.16. The number of benzene rings is 1. The molecule has 106 valence electrons. The van der Waals surface area contributed by atoms with Crippen LogP contribution in [-0.4, -0.2) is 45.2 Å². The van der Waals surface area contributed by atoms with Gasteiger partial charge in [-0.25, -0.2) is 8.42 Å². The van der Waals surface area contributed by atoms with E-state index in [1.54, 1.807) is 0 Å². The van der Waals surface area contributed by atoms with Crippen molar-refractivity contribution in [3.63, 3.8) is 0 Å². The molecule has 1 aliphatic heterocycles. The van der Waals surface area contributed by atoms with E-state index in [0.29, 0.717) is 37.1 Å². The summed E-state index contributed by atoms with van der Waals surface area (Å²) >= 11 is 12.0. The van der Waals surface area contributed by atoms with Gasteiger partial charge in [0.2, 0.25) is 10.0 Å². The summed E-state index contributed by atoms with van der Waals surface area (Å²) in [5, 5.41) is 0.658. The van der Waals surface area contributed by atoms with Gasteiger partial charge in [0.05, 0.1) is 17.0 Å². The second kappa shape index (κ2) is 5.87. The standard InChI is InChI=1S/C12H16Cl2N2O2S/c1-19(17,18)16-6-4-15(5-7-16)12-3-2-10(9-13)8-11(12)14/h2-3,8H,4-7,9H2,1H3. The van der Waals surface area contributed by atoms with Crippen molar-refractivity contribution in [1.82, 2.24) is 4.31 Å². The van der Waals surface area contributed by atoms with Crippen LogP contribution in [0.5, 0.6) is 0 Å². The average molecular weight is 323 g/mol. The van der Waals surface area contributed by atoms with Gasteiger partial charge >= 0.3 is 0 Å². The van der Waals surface area contributed by atoms with E-state index in [0.717, 1.165) is 11.3 Å². The summed E-state index contributed by atoms with van der Waals surface area (Å²) < 4.78 is 24.4. The van der Waals surface area contributed by atoms with Gasteiger partial charge in [0.25, 0.3) is 0 Å². The molecule has 0 spiro atoms. The van der Waals surface area contributed by atoms with Gasteiger partial charge < -0.3 is 4.90 Å². The lowest BCUT2D eigenvalue weighted by Gasteiger charge is -2.35. The van der Waals surface area contributed by atoms with E-state index in [-0.39, 0.29) is 0 Å². The molecule has 0 aromatic heterocycles. The summed E-state index contributed by atoms with van der Waals surface area (Å²) in [4.78, 5) is 2.10. The number of rotatable bonds is 3. The molecule has 0 N–H and O–H groups in total. The van der Waals surface area contributed by atoms with Crippen molar-refractivity contribution in [2.75, 3.05) is 37.3 Å². The molecule has 1 aromatic carbocycles. The van der Waals surface area contributed by atoms with Crippen molar-refractivity contribution in [2.24, 2.45) is 0 Å². The maximum absolute atomic E-state index is 11.4. The molecule has 2 rings (SSSR count). The van der Waals surface area contributed by atoms with Crippen LogP contribution in [0.3, 0.4) is 0 Å². The minimum atomic E-state index is -3.10. The van der Waals surface area contributed by atoms with Crippen LogP contribution in [0.25, 0.3) is 0 Å². The first-order valence-corrected chi connectivity index (χ1v) is 8.72. The third kappa shape index (κ3) is 3.54. The van der Waals surface area contributed by atoms with Crippen LogP contribution < -0.4 is 4.90 Å². The number of hydrogen-bond acceptors (Lipinski definition) is 3. The monoisotopic (exact) mass is 322 g/mol. The van der Waals surface area contributed by atoms with Crippen molar-refractivity contribution in [2.45, 2.75) is 5.88 Å². The van der Waals surface area contributed by atoms with Crippen molar-refractivity contribution in [3.05, 3.63) is 28.8 Å². The first-order chi connectivity index (χ1) is 8.91. The van der Waals surface area contributed by atoms with Gasteiger partial charge in [-0.2, -0.15) is 4.31 Å². The summed E-state index contributed by atoms with van der Waals surface area (Å²) in [7, 11) is -3.10. The molecule has 0 atom stereocenters. The van der Waals surface area contributed by atoms with Crippen LogP contribution in [0.2, 0.25) is 5.02 Å². The molecule has 1 aliphatic rings. The number of anilines is 1. The molecule has 1 heterocycles. The van der Waals surface area contributed by atoms with Gasteiger partial charge in [0.15, 0.2) is 0 Å². The molecule has 4 nitrogen and oxygen atoms in total. The number of halogens is 2. The van der Waals surface area contributed by atoms with Crippen LogP contribution in [0.15, 0.2) is 18.2 Å². The van der Waals surface area contributed by atoms with Gasteiger partial charge in [-0.1, -0.05) is 17.7 Å². The second-order valence-electron chi connectivity index (χ2n) is 4.57. The largest absolute Gasteiger partial charge is 0.368 e. The van der Waals surface area contributed by atoms with Gasteiger partial charge in [-0.05, 0) is 17.7 Å². The van der Waals surface area contributed by atoms with Crippen LogP contribution in [0.4, 0.5) is 5.69 Å². The third-order valence-electron chi connectivity index (χ3n) is 3.21. The van der Waals surface area contributed by atoms with Crippen molar-refractivity contribution in [1.29, 1.82) is 0 Å². The highest BCUT2D eigenvalue weighted by atomic mass is 35.5. The first-order valence-electron chi connectivity index (χ1n) is 5.96. The zero-order chi connectivity index (χ0) is 14.0. The molecule has 0 saturated carbocycles. The maximum Gasteiger partial charge on any atom is 0.211 e. The van der Waals surface area contributed by atoms with E-state index >= 15 is 0 Å². The highest BCUT2D eigenvalue weighted by Gasteiger charge is 2.24. The van der Waals surface area contributed by atoms with Gasteiger partial charge in [-0.15, -0.1) is 11.6 Å². The van der Waals surface area contributed by atoms with Crippen LogP contribution in [0.1, 0.15) is 5.56 Å². The zero-order valence-corrected chi connectivity index (χ0v) is 13.0. The predicted molar refractivity (Wildman–Crippen MR) is 79.6 cm³/mol. The van der Waals surface area contributed by atoms with E-state index in [1.165, 1.54) is 10.6 Å². The highest BCUT2D eigenvalue weighted by Crippen LogP contribution is 2.28. The Labute approximate surface area is 124 Å². The fraction of sp³-hybridized carbons (Fsp3) is 0.500. The SMILES string of the molecule is CS(=O)(=O)N1CCN(c2ccc(CCl)cc2Cl)CC1. The first kappa shape index (κ1) is 14.9. The van der Waals surface area contributed by atoms with E-state index < -0.39 is 10.0 Å². The number of sulfonamides is 1. The maximum atomic E-state index is 11.4. The molecule has 0 radical (unpaired) electrons. The molecular weight excluding hydrogens is 307 g/mol. The molecule has 0 bridgehead atoms. The van der Waals surface area contributed by atoms with Crippen LogP contribution in [-0.2, 0) is 15.9 Å². The van der Waals surface area contributed by atoms with E-state index in [1.807, 2.05) is 18.2 Å². The molecule has 1 saturated heterocycles. The Balaban J connectivity index is 2.10. The average Bonchev–Trinajstić information content (AvgIpc) is 2.37. The Bertz CT molecular complexity index is 555. The smallest absolute Gasteiger partial charge is 0.211 e. The van der Waals surface area contributed by atoms with Crippen LogP contribution >= 0.6 is 23.2 Å². The fourth-order valence-corrected chi connectivity index (χ4v) is 3.47. The quantitative estimate of drug-likeness (QED) is 0.801. The molecule has 1 aromatic rings. The summed E-state index contributed by atoms with van der Waals surface area (Å²) in [5.41, 5.74) is 1.91. The minimum absolute atomic E-state index is 0.432. The fourth-order valence-electron chi connectivity index (χ4n) is 2.15. The topological polar surface area (TPSA) is 40.6 Å². The molecule has 0 amide bonds. The summed E-state index contributed by atoms with van der Waals surface area (Å²) in [6, 6.07) is 5.74. The van der Waals surface area contributed by atoms with E-state index in [4.69, 9.17) is 23.2 Å². The van der Waals surface area contributed by atoms with E-state index in [2.05, 4.69) is 4.90 Å². The molecular formula is C12H16Cl2N2O2S. The summed E-state index contributed by atoms with van der Waals surface area (Å²) in [6.07, 6.45) is 1.24. The number of nitrogens with zero attached hydrogens (tertiary/aromatic N) is 2. The van der Waals surface area contributed by atoms with Crippen molar-refractivity contribution >= 4 is 38.9 Å². The molecule has 19 heavy (non-hydrogen) atoms. The minimum Gasteiger partial charge on any atom is -0.368 e. The lowest BCUT2D eigenvalue weighted by Crippen LogP contribution is -2.48. The Hall–Kier alpha value is -0.490. The number of alkyl halides is 1. The van der Waals surface area contributed by atoms with Crippen LogP contribution in [0, 0.1) is 0 Å². The van der Waals surface area contributed by atoms with Gasteiger partial charge in [0, 0.05) is 32.1 Å². The second-order valence-corrected chi connectivity index (χ2v) is 7.23. The lowest BCUT2D eigenvalue weighted by atomic mass is 10.2.